The zero-order chi connectivity index (χ0) is 16.2. The first-order valence-corrected chi connectivity index (χ1v) is 8.16. The smallest absolute Gasteiger partial charge is 0.177 e. The van der Waals surface area contributed by atoms with Crippen LogP contribution in [0.4, 0.5) is 0 Å². The Kier molecular flexibility index (Phi) is 4.57. The topological polar surface area (TPSA) is 65.4 Å². The van der Waals surface area contributed by atoms with Crippen molar-refractivity contribution < 1.29 is 9.36 Å². The molecule has 0 atom stereocenters. The molecule has 3 aromatic rings. The molecule has 0 aromatic carbocycles. The molecule has 0 spiro atoms. The minimum atomic E-state index is 0.281. The molecule has 0 unspecified atom stereocenters. The first-order valence-electron chi connectivity index (χ1n) is 7.28. The molecular formula is C16H18N4O2S. The van der Waals surface area contributed by atoms with Crippen molar-refractivity contribution in [3.8, 4) is 10.6 Å². The summed E-state index contributed by atoms with van der Waals surface area (Å²) >= 11 is 1.61. The lowest BCUT2D eigenvalue weighted by molar-refractivity contribution is 0.124. The standard InChI is InChI=1S/C16H18N4O2S/c1-11-7-13(3)20(17-11)9-12(2)18-21-10-14-8-15(22-19-14)16-5-4-6-23-16/h4-8H,9-10H2,1-3H3. The summed E-state index contributed by atoms with van der Waals surface area (Å²) in [4.78, 5) is 6.41. The maximum atomic E-state index is 5.36. The van der Waals surface area contributed by atoms with Crippen molar-refractivity contribution in [1.82, 2.24) is 14.9 Å². The van der Waals surface area contributed by atoms with Crippen molar-refractivity contribution in [3.63, 3.8) is 0 Å². The van der Waals surface area contributed by atoms with Crippen molar-refractivity contribution in [1.29, 1.82) is 0 Å². The first kappa shape index (κ1) is 15.5. The van der Waals surface area contributed by atoms with Crippen LogP contribution >= 0.6 is 11.3 Å². The summed E-state index contributed by atoms with van der Waals surface area (Å²) < 4.78 is 7.20. The maximum absolute atomic E-state index is 5.36. The van der Waals surface area contributed by atoms with Crippen molar-refractivity contribution in [2.24, 2.45) is 5.16 Å². The molecule has 3 heterocycles. The van der Waals surface area contributed by atoms with Gasteiger partial charge in [0.15, 0.2) is 12.4 Å². The molecule has 0 bridgehead atoms. The van der Waals surface area contributed by atoms with E-state index in [-0.39, 0.29) is 6.61 Å². The van der Waals surface area contributed by atoms with E-state index >= 15 is 0 Å². The van der Waals surface area contributed by atoms with Gasteiger partial charge in [-0.3, -0.25) is 4.68 Å². The Labute approximate surface area is 138 Å². The molecule has 3 rings (SSSR count). The summed E-state index contributed by atoms with van der Waals surface area (Å²) in [5, 5.41) is 14.5. The van der Waals surface area contributed by atoms with Crippen LogP contribution in [-0.2, 0) is 18.0 Å². The Morgan fingerprint density at radius 2 is 2.26 bits per heavy atom. The third-order valence-corrected chi connectivity index (χ3v) is 4.12. The Hall–Kier alpha value is -2.41. The minimum absolute atomic E-state index is 0.281. The van der Waals surface area contributed by atoms with Crippen molar-refractivity contribution >= 4 is 17.0 Å². The van der Waals surface area contributed by atoms with Gasteiger partial charge < -0.3 is 9.36 Å². The highest BCUT2D eigenvalue weighted by molar-refractivity contribution is 7.13. The van der Waals surface area contributed by atoms with E-state index in [0.717, 1.165) is 33.4 Å². The number of rotatable bonds is 6. The lowest BCUT2D eigenvalue weighted by Gasteiger charge is -2.03. The van der Waals surface area contributed by atoms with Gasteiger partial charge in [-0.1, -0.05) is 16.4 Å². The lowest BCUT2D eigenvalue weighted by atomic mass is 10.3. The van der Waals surface area contributed by atoms with Crippen LogP contribution in [-0.4, -0.2) is 20.6 Å². The molecule has 6 nitrogen and oxygen atoms in total. The zero-order valence-corrected chi connectivity index (χ0v) is 14.1. The highest BCUT2D eigenvalue weighted by Gasteiger charge is 2.08. The van der Waals surface area contributed by atoms with Gasteiger partial charge in [0.2, 0.25) is 0 Å². The molecule has 0 aliphatic rings. The number of thiophene rings is 1. The van der Waals surface area contributed by atoms with Gasteiger partial charge in [-0.2, -0.15) is 5.10 Å². The third-order valence-electron chi connectivity index (χ3n) is 3.24. The van der Waals surface area contributed by atoms with Gasteiger partial charge in [0.05, 0.1) is 22.8 Å². The summed E-state index contributed by atoms with van der Waals surface area (Å²) in [5.41, 5.74) is 3.67. The molecule has 0 saturated carbocycles. The van der Waals surface area contributed by atoms with Crippen LogP contribution in [0.1, 0.15) is 24.0 Å². The van der Waals surface area contributed by atoms with Crippen molar-refractivity contribution in [2.45, 2.75) is 33.9 Å². The van der Waals surface area contributed by atoms with E-state index in [9.17, 15) is 0 Å². The summed E-state index contributed by atoms with van der Waals surface area (Å²) in [6.45, 7) is 6.80. The van der Waals surface area contributed by atoms with E-state index in [1.54, 1.807) is 11.3 Å². The monoisotopic (exact) mass is 330 g/mol. The number of hydrogen-bond donors (Lipinski definition) is 0. The van der Waals surface area contributed by atoms with Gasteiger partial charge in [0.25, 0.3) is 0 Å². The molecule has 0 aliphatic heterocycles. The van der Waals surface area contributed by atoms with Gasteiger partial charge in [0, 0.05) is 11.8 Å². The van der Waals surface area contributed by atoms with Crippen LogP contribution < -0.4 is 0 Å². The Morgan fingerprint density at radius 1 is 1.39 bits per heavy atom. The van der Waals surface area contributed by atoms with Crippen molar-refractivity contribution in [3.05, 3.63) is 46.7 Å². The molecule has 0 aliphatic carbocycles. The third kappa shape index (κ3) is 3.87. The molecule has 0 radical (unpaired) electrons. The van der Waals surface area contributed by atoms with Gasteiger partial charge >= 0.3 is 0 Å². The Morgan fingerprint density at radius 3 is 2.96 bits per heavy atom. The number of nitrogens with zero attached hydrogens (tertiary/aromatic N) is 4. The van der Waals surface area contributed by atoms with Crippen molar-refractivity contribution in [2.75, 3.05) is 0 Å². The number of aryl methyl sites for hydroxylation is 2. The summed E-state index contributed by atoms with van der Waals surface area (Å²) in [6, 6.07) is 7.88. The van der Waals surface area contributed by atoms with E-state index in [2.05, 4.69) is 15.4 Å². The number of aromatic nitrogens is 3. The predicted molar refractivity (Wildman–Crippen MR) is 89.4 cm³/mol. The summed E-state index contributed by atoms with van der Waals surface area (Å²) in [5.74, 6) is 0.752. The second kappa shape index (κ2) is 6.78. The van der Waals surface area contributed by atoms with E-state index in [1.807, 2.05) is 55.1 Å². The SMILES string of the molecule is CC(Cn1nc(C)cc1C)=NOCc1cc(-c2cccs2)on1. The van der Waals surface area contributed by atoms with Crippen LogP contribution in [0, 0.1) is 13.8 Å². The zero-order valence-electron chi connectivity index (χ0n) is 13.3. The average Bonchev–Trinajstić information content (AvgIpc) is 3.21. The Balaban J connectivity index is 1.55. The molecular weight excluding hydrogens is 312 g/mol. The van der Waals surface area contributed by atoms with Gasteiger partial charge in [-0.05, 0) is 38.3 Å². The van der Waals surface area contributed by atoms with E-state index < -0.39 is 0 Å². The molecule has 120 valence electrons. The first-order chi connectivity index (χ1) is 11.1. The molecule has 0 amide bonds. The molecule has 0 saturated heterocycles. The molecule has 3 aromatic heterocycles. The molecule has 0 N–H and O–H groups in total. The quantitative estimate of drug-likeness (QED) is 0.509. The predicted octanol–water partition coefficient (Wildman–Crippen LogP) is 3.81. The number of hydrogen-bond acceptors (Lipinski definition) is 6. The fourth-order valence-corrected chi connectivity index (χ4v) is 2.88. The van der Waals surface area contributed by atoms with E-state index in [4.69, 9.17) is 9.36 Å². The fourth-order valence-electron chi connectivity index (χ4n) is 2.20. The normalized spacial score (nSPS) is 11.9. The van der Waals surface area contributed by atoms with Crippen LogP contribution in [0.2, 0.25) is 0 Å². The fraction of sp³-hybridized carbons (Fsp3) is 0.312. The van der Waals surface area contributed by atoms with Gasteiger partial charge in [-0.25, -0.2) is 0 Å². The van der Waals surface area contributed by atoms with Gasteiger partial charge in [-0.15, -0.1) is 11.3 Å². The second-order valence-electron chi connectivity index (χ2n) is 5.34. The van der Waals surface area contributed by atoms with E-state index in [0.29, 0.717) is 6.54 Å². The molecule has 7 heteroatoms. The molecule has 23 heavy (non-hydrogen) atoms. The lowest BCUT2D eigenvalue weighted by Crippen LogP contribution is -2.10. The highest BCUT2D eigenvalue weighted by Crippen LogP contribution is 2.25. The molecule has 0 fully saturated rings. The summed E-state index contributed by atoms with van der Waals surface area (Å²) in [6.07, 6.45) is 0. The van der Waals surface area contributed by atoms with Crippen LogP contribution in [0.15, 0.2) is 39.3 Å². The van der Waals surface area contributed by atoms with E-state index in [1.165, 1.54) is 0 Å². The largest absolute Gasteiger partial charge is 0.389 e. The second-order valence-corrected chi connectivity index (χ2v) is 6.29. The minimum Gasteiger partial charge on any atom is -0.389 e. The van der Waals surface area contributed by atoms with Crippen LogP contribution in [0.5, 0.6) is 0 Å². The Bertz CT molecular complexity index is 802. The van der Waals surface area contributed by atoms with Crippen LogP contribution in [0.25, 0.3) is 10.6 Å². The summed E-state index contributed by atoms with van der Waals surface area (Å²) in [7, 11) is 0. The van der Waals surface area contributed by atoms with Gasteiger partial charge in [0.1, 0.15) is 5.69 Å². The van der Waals surface area contributed by atoms with Crippen LogP contribution in [0.3, 0.4) is 0 Å². The average molecular weight is 330 g/mol. The maximum Gasteiger partial charge on any atom is 0.177 e. The number of oxime groups is 1. The highest BCUT2D eigenvalue weighted by atomic mass is 32.1.